The number of aromatic hydroxyl groups is 1. The van der Waals surface area contributed by atoms with Crippen molar-refractivity contribution in [2.24, 2.45) is 11.7 Å². The highest BCUT2D eigenvalue weighted by molar-refractivity contribution is 5.29. The lowest BCUT2D eigenvalue weighted by molar-refractivity contribution is 0.0413. The maximum absolute atomic E-state index is 9.98. The number of hydrogen-bond donors (Lipinski definition) is 3. The molecule has 1 saturated carbocycles. The van der Waals surface area contributed by atoms with Crippen molar-refractivity contribution in [3.8, 4) is 5.75 Å². The van der Waals surface area contributed by atoms with Gasteiger partial charge in [-0.2, -0.15) is 0 Å². The van der Waals surface area contributed by atoms with Crippen LogP contribution < -0.4 is 5.73 Å². The zero-order valence-corrected chi connectivity index (χ0v) is 8.63. The minimum Gasteiger partial charge on any atom is -0.508 e. The van der Waals surface area contributed by atoms with Gasteiger partial charge in [0.1, 0.15) is 5.75 Å². The van der Waals surface area contributed by atoms with Gasteiger partial charge in [0, 0.05) is 0 Å². The molecule has 1 aliphatic carbocycles. The molecule has 0 saturated heterocycles. The number of rotatable bonds is 3. The van der Waals surface area contributed by atoms with Crippen LogP contribution in [0, 0.1) is 5.92 Å². The first-order chi connectivity index (χ1) is 7.18. The Morgan fingerprint density at radius 2 is 2.07 bits per heavy atom. The predicted molar refractivity (Wildman–Crippen MR) is 58.4 cm³/mol. The third-order valence-electron chi connectivity index (χ3n) is 3.26. The molecule has 0 amide bonds. The Bertz CT molecular complexity index is 336. The van der Waals surface area contributed by atoms with Crippen LogP contribution in [0.3, 0.4) is 0 Å². The van der Waals surface area contributed by atoms with Crippen molar-refractivity contribution in [1.29, 1.82) is 0 Å². The molecule has 0 unspecified atom stereocenters. The molecular weight excluding hydrogens is 190 g/mol. The van der Waals surface area contributed by atoms with E-state index in [1.54, 1.807) is 18.2 Å². The molecule has 0 spiro atoms. The fourth-order valence-corrected chi connectivity index (χ4v) is 2.00. The maximum Gasteiger partial charge on any atom is 0.115 e. The number of phenolic OH excluding ortho intramolecular Hbond substituents is 1. The summed E-state index contributed by atoms with van der Waals surface area (Å²) in [6.07, 6.45) is 2.83. The van der Waals surface area contributed by atoms with Crippen LogP contribution in [-0.4, -0.2) is 16.3 Å². The van der Waals surface area contributed by atoms with Crippen LogP contribution in [0.5, 0.6) is 5.75 Å². The average Bonchev–Trinajstić information content (AvgIpc) is 2.14. The van der Waals surface area contributed by atoms with E-state index in [4.69, 9.17) is 5.73 Å². The summed E-state index contributed by atoms with van der Waals surface area (Å²) in [6, 6.07) is 6.42. The summed E-state index contributed by atoms with van der Waals surface area (Å²) in [6.45, 7) is 0. The van der Waals surface area contributed by atoms with E-state index in [0.29, 0.717) is 5.92 Å². The number of aliphatic hydroxyl groups excluding tert-OH is 1. The zero-order valence-electron chi connectivity index (χ0n) is 8.63. The van der Waals surface area contributed by atoms with Crippen molar-refractivity contribution in [1.82, 2.24) is 0 Å². The summed E-state index contributed by atoms with van der Waals surface area (Å²) in [5.41, 5.74) is 6.76. The Kier molecular flexibility index (Phi) is 2.93. The normalized spacial score (nSPS) is 20.7. The summed E-state index contributed by atoms with van der Waals surface area (Å²) in [7, 11) is 0. The molecular formula is C12H17NO2. The summed E-state index contributed by atoms with van der Waals surface area (Å²) in [5, 5.41) is 19.3. The molecule has 3 heteroatoms. The quantitative estimate of drug-likeness (QED) is 0.704. The van der Waals surface area contributed by atoms with Gasteiger partial charge in [0.2, 0.25) is 0 Å². The second-order valence-corrected chi connectivity index (χ2v) is 4.30. The first-order valence-electron chi connectivity index (χ1n) is 5.41. The minimum atomic E-state index is -0.486. The molecule has 1 aromatic carbocycles. The van der Waals surface area contributed by atoms with E-state index in [-0.39, 0.29) is 11.8 Å². The average molecular weight is 207 g/mol. The van der Waals surface area contributed by atoms with E-state index >= 15 is 0 Å². The highest BCUT2D eigenvalue weighted by Gasteiger charge is 2.30. The fraction of sp³-hybridized carbons (Fsp3) is 0.500. The summed E-state index contributed by atoms with van der Waals surface area (Å²) < 4.78 is 0. The van der Waals surface area contributed by atoms with E-state index in [9.17, 15) is 10.2 Å². The SMILES string of the molecule is N[C@H](c1cccc(O)c1)[C@@H](O)C1CCC1. The third-order valence-corrected chi connectivity index (χ3v) is 3.26. The molecule has 0 bridgehead atoms. The highest BCUT2D eigenvalue weighted by Crippen LogP contribution is 2.34. The summed E-state index contributed by atoms with van der Waals surface area (Å²) in [4.78, 5) is 0. The van der Waals surface area contributed by atoms with Crippen LogP contribution in [0.1, 0.15) is 30.9 Å². The van der Waals surface area contributed by atoms with Gasteiger partial charge >= 0.3 is 0 Å². The zero-order chi connectivity index (χ0) is 10.8. The Morgan fingerprint density at radius 3 is 2.60 bits per heavy atom. The Morgan fingerprint density at radius 1 is 1.33 bits per heavy atom. The van der Waals surface area contributed by atoms with Crippen LogP contribution in [0.2, 0.25) is 0 Å². The number of benzene rings is 1. The van der Waals surface area contributed by atoms with Crippen LogP contribution in [0.15, 0.2) is 24.3 Å². The van der Waals surface area contributed by atoms with Crippen molar-refractivity contribution >= 4 is 0 Å². The van der Waals surface area contributed by atoms with E-state index in [1.807, 2.05) is 6.07 Å². The Hall–Kier alpha value is -1.06. The van der Waals surface area contributed by atoms with Gasteiger partial charge < -0.3 is 15.9 Å². The second kappa shape index (κ2) is 4.21. The molecule has 2 rings (SSSR count). The van der Waals surface area contributed by atoms with Gasteiger partial charge in [0.25, 0.3) is 0 Å². The highest BCUT2D eigenvalue weighted by atomic mass is 16.3. The van der Waals surface area contributed by atoms with Crippen LogP contribution in [0.4, 0.5) is 0 Å². The fourth-order valence-electron chi connectivity index (χ4n) is 2.00. The van der Waals surface area contributed by atoms with Crippen molar-refractivity contribution in [2.45, 2.75) is 31.4 Å². The molecule has 1 aliphatic rings. The van der Waals surface area contributed by atoms with Gasteiger partial charge in [-0.3, -0.25) is 0 Å². The molecule has 4 N–H and O–H groups in total. The molecule has 3 nitrogen and oxygen atoms in total. The number of phenols is 1. The Labute approximate surface area is 89.5 Å². The number of aliphatic hydroxyl groups is 1. The van der Waals surface area contributed by atoms with Crippen molar-refractivity contribution in [3.63, 3.8) is 0 Å². The first-order valence-corrected chi connectivity index (χ1v) is 5.41. The van der Waals surface area contributed by atoms with Crippen LogP contribution >= 0.6 is 0 Å². The number of nitrogens with two attached hydrogens (primary N) is 1. The molecule has 2 atom stereocenters. The molecule has 1 aromatic rings. The van der Waals surface area contributed by atoms with Crippen LogP contribution in [-0.2, 0) is 0 Å². The van der Waals surface area contributed by atoms with Gasteiger partial charge in [-0.1, -0.05) is 18.6 Å². The van der Waals surface area contributed by atoms with Crippen molar-refractivity contribution < 1.29 is 10.2 Å². The summed E-state index contributed by atoms with van der Waals surface area (Å²) in [5.74, 6) is 0.533. The number of hydrogen-bond acceptors (Lipinski definition) is 3. The lowest BCUT2D eigenvalue weighted by Gasteiger charge is -2.33. The van der Waals surface area contributed by atoms with Gasteiger partial charge in [0.15, 0.2) is 0 Å². The second-order valence-electron chi connectivity index (χ2n) is 4.30. The Balaban J connectivity index is 2.08. The van der Waals surface area contributed by atoms with Crippen molar-refractivity contribution in [3.05, 3.63) is 29.8 Å². The van der Waals surface area contributed by atoms with Crippen LogP contribution in [0.25, 0.3) is 0 Å². The molecule has 0 aliphatic heterocycles. The lowest BCUT2D eigenvalue weighted by Crippen LogP contribution is -2.36. The molecule has 1 fully saturated rings. The largest absolute Gasteiger partial charge is 0.508 e. The topological polar surface area (TPSA) is 66.5 Å². The molecule has 82 valence electrons. The van der Waals surface area contributed by atoms with E-state index in [1.165, 1.54) is 6.42 Å². The van der Waals surface area contributed by atoms with E-state index < -0.39 is 6.10 Å². The summed E-state index contributed by atoms with van der Waals surface area (Å²) >= 11 is 0. The molecule has 15 heavy (non-hydrogen) atoms. The van der Waals surface area contributed by atoms with E-state index in [2.05, 4.69) is 0 Å². The van der Waals surface area contributed by atoms with Gasteiger partial charge in [-0.25, -0.2) is 0 Å². The van der Waals surface area contributed by atoms with Crippen molar-refractivity contribution in [2.75, 3.05) is 0 Å². The predicted octanol–water partition coefficient (Wildman–Crippen LogP) is 1.55. The van der Waals surface area contributed by atoms with Gasteiger partial charge in [0.05, 0.1) is 12.1 Å². The smallest absolute Gasteiger partial charge is 0.115 e. The minimum absolute atomic E-state index is 0.198. The lowest BCUT2D eigenvalue weighted by atomic mass is 9.77. The molecule has 0 heterocycles. The maximum atomic E-state index is 9.98. The molecule has 0 radical (unpaired) electrons. The first kappa shape index (κ1) is 10.5. The molecule has 0 aromatic heterocycles. The van der Waals surface area contributed by atoms with Gasteiger partial charge in [-0.15, -0.1) is 0 Å². The standard InChI is InChI=1S/C12H17NO2/c13-11(12(15)8-3-1-4-8)9-5-2-6-10(14)7-9/h2,5-8,11-12,14-15H,1,3-4,13H2/t11-,12+/m1/s1. The van der Waals surface area contributed by atoms with E-state index in [0.717, 1.165) is 18.4 Å². The van der Waals surface area contributed by atoms with Gasteiger partial charge in [-0.05, 0) is 36.5 Å². The third kappa shape index (κ3) is 2.13. The monoisotopic (exact) mass is 207 g/mol.